The highest BCUT2D eigenvalue weighted by Crippen LogP contribution is 2.36. The van der Waals surface area contributed by atoms with E-state index in [1.165, 1.54) is 11.3 Å². The molecule has 3 heterocycles. The molecule has 4 rings (SSSR count). The minimum absolute atomic E-state index is 0.0745. The fourth-order valence-corrected chi connectivity index (χ4v) is 4.76. The quantitative estimate of drug-likeness (QED) is 0.496. The topological polar surface area (TPSA) is 73.1 Å². The predicted molar refractivity (Wildman–Crippen MR) is 123 cm³/mol. The van der Waals surface area contributed by atoms with Crippen LogP contribution in [-0.4, -0.2) is 47.0 Å². The van der Waals surface area contributed by atoms with Crippen molar-refractivity contribution in [1.82, 2.24) is 14.9 Å². The Hall–Kier alpha value is -3.16. The van der Waals surface area contributed by atoms with Gasteiger partial charge in [0.25, 0.3) is 5.91 Å². The highest BCUT2D eigenvalue weighted by atomic mass is 35.5. The Balaban J connectivity index is 1.69. The number of amides is 1. The molecule has 0 unspecified atom stereocenters. The first-order valence-electron chi connectivity index (χ1n) is 10.4. The van der Waals surface area contributed by atoms with Crippen LogP contribution in [0.1, 0.15) is 32.3 Å². The standard InChI is InChI=1S/C23H19ClF3N5OS/c24-16-4-1-3-15(13-16)14-17-20(23(25,26)27)29-19(6-7-28)30-21(17)31-8-10-32(11-9-31)22(33)18-5-2-12-34-18/h1-5,12-13H,6,8-11,14H2. The van der Waals surface area contributed by atoms with Gasteiger partial charge in [-0.1, -0.05) is 29.8 Å². The number of piperazine rings is 1. The molecule has 2 aromatic heterocycles. The zero-order valence-corrected chi connectivity index (χ0v) is 19.4. The Morgan fingerprint density at radius 1 is 1.15 bits per heavy atom. The number of rotatable bonds is 5. The maximum Gasteiger partial charge on any atom is 0.433 e. The van der Waals surface area contributed by atoms with Crippen molar-refractivity contribution in [2.45, 2.75) is 19.0 Å². The molecule has 1 fully saturated rings. The summed E-state index contributed by atoms with van der Waals surface area (Å²) in [6.45, 7) is 1.29. The molecule has 176 valence electrons. The van der Waals surface area contributed by atoms with Crippen LogP contribution in [-0.2, 0) is 19.0 Å². The predicted octanol–water partition coefficient (Wildman–Crippen LogP) is 4.83. The molecule has 11 heteroatoms. The first-order valence-corrected chi connectivity index (χ1v) is 11.7. The summed E-state index contributed by atoms with van der Waals surface area (Å²) in [6, 6.07) is 12.0. The van der Waals surface area contributed by atoms with Crippen molar-refractivity contribution >= 4 is 34.7 Å². The van der Waals surface area contributed by atoms with Crippen LogP contribution in [0.3, 0.4) is 0 Å². The van der Waals surface area contributed by atoms with Crippen LogP contribution >= 0.6 is 22.9 Å². The first-order chi connectivity index (χ1) is 16.3. The lowest BCUT2D eigenvalue weighted by Gasteiger charge is -2.36. The Morgan fingerprint density at radius 2 is 1.91 bits per heavy atom. The Bertz CT molecular complexity index is 1220. The first kappa shape index (κ1) is 24.0. The number of alkyl halides is 3. The monoisotopic (exact) mass is 505 g/mol. The summed E-state index contributed by atoms with van der Waals surface area (Å²) in [6.07, 6.45) is -5.15. The van der Waals surface area contributed by atoms with Crippen molar-refractivity contribution in [3.05, 3.63) is 74.3 Å². The number of benzene rings is 1. The molecule has 1 saturated heterocycles. The molecule has 1 aromatic carbocycles. The maximum absolute atomic E-state index is 14.1. The van der Waals surface area contributed by atoms with E-state index in [1.54, 1.807) is 46.2 Å². The molecule has 1 aliphatic heterocycles. The lowest BCUT2D eigenvalue weighted by Crippen LogP contribution is -2.49. The van der Waals surface area contributed by atoms with E-state index in [9.17, 15) is 18.0 Å². The summed E-state index contributed by atoms with van der Waals surface area (Å²) >= 11 is 7.39. The fraction of sp³-hybridized carbons (Fsp3) is 0.304. The van der Waals surface area contributed by atoms with Crippen molar-refractivity contribution in [2.24, 2.45) is 0 Å². The zero-order chi connectivity index (χ0) is 24.3. The van der Waals surface area contributed by atoms with Crippen LogP contribution in [0.2, 0.25) is 5.02 Å². The highest BCUT2D eigenvalue weighted by Gasteiger charge is 2.39. The SMILES string of the molecule is N#CCc1nc(N2CCN(C(=O)c3cccs3)CC2)c(Cc2cccc(Cl)c2)c(C(F)(F)F)n1. The van der Waals surface area contributed by atoms with Crippen LogP contribution in [0.5, 0.6) is 0 Å². The fourth-order valence-electron chi connectivity index (χ4n) is 3.85. The van der Waals surface area contributed by atoms with E-state index in [4.69, 9.17) is 16.9 Å². The molecule has 0 N–H and O–H groups in total. The maximum atomic E-state index is 14.1. The third kappa shape index (κ3) is 5.32. The van der Waals surface area contributed by atoms with E-state index in [0.717, 1.165) is 0 Å². The molecular formula is C23H19ClF3N5OS. The van der Waals surface area contributed by atoms with Crippen molar-refractivity contribution in [3.8, 4) is 6.07 Å². The Kier molecular flexibility index (Phi) is 7.05. The number of nitriles is 1. The van der Waals surface area contributed by atoms with Gasteiger partial charge in [0, 0.05) is 43.2 Å². The molecule has 1 amide bonds. The van der Waals surface area contributed by atoms with Crippen LogP contribution in [0.15, 0.2) is 41.8 Å². The highest BCUT2D eigenvalue weighted by molar-refractivity contribution is 7.12. The number of anilines is 1. The third-order valence-corrected chi connectivity index (χ3v) is 6.50. The molecule has 0 aliphatic carbocycles. The van der Waals surface area contributed by atoms with Gasteiger partial charge >= 0.3 is 6.18 Å². The zero-order valence-electron chi connectivity index (χ0n) is 17.8. The minimum atomic E-state index is -4.73. The summed E-state index contributed by atoms with van der Waals surface area (Å²) in [7, 11) is 0. The molecule has 6 nitrogen and oxygen atoms in total. The Labute approximate surface area is 203 Å². The van der Waals surface area contributed by atoms with E-state index < -0.39 is 11.9 Å². The summed E-state index contributed by atoms with van der Waals surface area (Å²) in [5, 5.41) is 11.3. The average molecular weight is 506 g/mol. The largest absolute Gasteiger partial charge is 0.433 e. The van der Waals surface area contributed by atoms with Gasteiger partial charge in [-0.05, 0) is 29.1 Å². The number of carbonyl (C=O) groups excluding carboxylic acids is 1. The number of hydrogen-bond donors (Lipinski definition) is 0. The summed E-state index contributed by atoms with van der Waals surface area (Å²) in [5.41, 5.74) is -0.545. The second kappa shape index (κ2) is 9.99. The molecule has 0 bridgehead atoms. The molecule has 34 heavy (non-hydrogen) atoms. The number of aromatic nitrogens is 2. The lowest BCUT2D eigenvalue weighted by molar-refractivity contribution is -0.141. The smallest absolute Gasteiger partial charge is 0.353 e. The average Bonchev–Trinajstić information content (AvgIpc) is 3.34. The molecule has 0 radical (unpaired) electrons. The van der Waals surface area contributed by atoms with Gasteiger partial charge in [-0.15, -0.1) is 11.3 Å². The van der Waals surface area contributed by atoms with Crippen LogP contribution in [0, 0.1) is 11.3 Å². The second-order valence-corrected chi connectivity index (χ2v) is 9.07. The van der Waals surface area contributed by atoms with Crippen molar-refractivity contribution in [2.75, 3.05) is 31.1 Å². The number of hydrogen-bond acceptors (Lipinski definition) is 6. The second-order valence-electron chi connectivity index (χ2n) is 7.69. The molecule has 3 aromatic rings. The molecule has 0 spiro atoms. The van der Waals surface area contributed by atoms with E-state index in [0.29, 0.717) is 41.6 Å². The molecular weight excluding hydrogens is 487 g/mol. The number of thiophene rings is 1. The van der Waals surface area contributed by atoms with Gasteiger partial charge in [0.2, 0.25) is 0 Å². The van der Waals surface area contributed by atoms with Gasteiger partial charge in [0.15, 0.2) is 5.69 Å². The summed E-state index contributed by atoms with van der Waals surface area (Å²) in [5.74, 6) is -0.148. The van der Waals surface area contributed by atoms with Gasteiger partial charge in [0.05, 0.1) is 17.4 Å². The minimum Gasteiger partial charge on any atom is -0.353 e. The van der Waals surface area contributed by atoms with Crippen LogP contribution < -0.4 is 4.90 Å². The Morgan fingerprint density at radius 3 is 2.53 bits per heavy atom. The van der Waals surface area contributed by atoms with Gasteiger partial charge in [-0.3, -0.25) is 4.79 Å². The van der Waals surface area contributed by atoms with Crippen molar-refractivity contribution in [1.29, 1.82) is 5.26 Å². The van der Waals surface area contributed by atoms with E-state index in [1.807, 2.05) is 11.4 Å². The van der Waals surface area contributed by atoms with Crippen LogP contribution in [0.25, 0.3) is 0 Å². The molecule has 0 atom stereocenters. The van der Waals surface area contributed by atoms with Gasteiger partial charge in [-0.2, -0.15) is 18.4 Å². The van der Waals surface area contributed by atoms with E-state index in [-0.39, 0.29) is 36.0 Å². The third-order valence-electron chi connectivity index (χ3n) is 5.41. The van der Waals surface area contributed by atoms with Crippen molar-refractivity contribution < 1.29 is 18.0 Å². The van der Waals surface area contributed by atoms with Gasteiger partial charge in [-0.25, -0.2) is 9.97 Å². The normalized spacial score (nSPS) is 14.2. The molecule has 0 saturated carbocycles. The number of halogens is 4. The number of carbonyl (C=O) groups is 1. The summed E-state index contributed by atoms with van der Waals surface area (Å²) in [4.78, 5) is 24.8. The lowest BCUT2D eigenvalue weighted by atomic mass is 10.0. The molecule has 1 aliphatic rings. The van der Waals surface area contributed by atoms with Gasteiger partial charge < -0.3 is 9.80 Å². The number of nitrogens with zero attached hydrogens (tertiary/aromatic N) is 5. The van der Waals surface area contributed by atoms with Crippen molar-refractivity contribution in [3.63, 3.8) is 0 Å². The van der Waals surface area contributed by atoms with E-state index in [2.05, 4.69) is 9.97 Å². The van der Waals surface area contributed by atoms with E-state index >= 15 is 0 Å². The van der Waals surface area contributed by atoms with Crippen LogP contribution in [0.4, 0.5) is 19.0 Å². The summed E-state index contributed by atoms with van der Waals surface area (Å²) < 4.78 is 42.2. The van der Waals surface area contributed by atoms with Gasteiger partial charge in [0.1, 0.15) is 11.6 Å².